The normalized spacial score (nSPS) is 36.7. The van der Waals surface area contributed by atoms with Gasteiger partial charge in [-0.1, -0.05) is 0 Å². The third kappa shape index (κ3) is 2.00. The molecule has 0 bridgehead atoms. The molecule has 1 saturated heterocycles. The zero-order valence-corrected chi connectivity index (χ0v) is 7.97. The molecule has 84 valence electrons. The van der Waals surface area contributed by atoms with Crippen LogP contribution < -0.4 is 0 Å². The van der Waals surface area contributed by atoms with E-state index in [1.807, 2.05) is 0 Å². The Morgan fingerprint density at radius 2 is 2.27 bits per heavy atom. The molecule has 0 spiro atoms. The molecular formula is C8H13N3O4. The third-order valence-corrected chi connectivity index (χ3v) is 2.46. The van der Waals surface area contributed by atoms with Crippen molar-refractivity contribution in [3.05, 3.63) is 12.7 Å². The van der Waals surface area contributed by atoms with Crippen LogP contribution in [-0.4, -0.2) is 55.0 Å². The molecular weight excluding hydrogens is 202 g/mol. The fraction of sp³-hybridized carbons (Fsp3) is 0.750. The Morgan fingerprint density at radius 1 is 1.47 bits per heavy atom. The second kappa shape index (κ2) is 4.23. The number of aliphatic hydroxyl groups excluding tert-OH is 3. The van der Waals surface area contributed by atoms with Crippen LogP contribution in [0.2, 0.25) is 0 Å². The Kier molecular flexibility index (Phi) is 2.96. The summed E-state index contributed by atoms with van der Waals surface area (Å²) < 4.78 is 6.81. The first kappa shape index (κ1) is 10.5. The molecule has 0 unspecified atom stereocenters. The van der Waals surface area contributed by atoms with Crippen LogP contribution in [0.4, 0.5) is 0 Å². The minimum absolute atomic E-state index is 0.223. The van der Waals surface area contributed by atoms with Crippen LogP contribution in [0.5, 0.6) is 0 Å². The monoisotopic (exact) mass is 215 g/mol. The lowest BCUT2D eigenvalue weighted by molar-refractivity contribution is -0.203. The molecule has 0 aromatic carbocycles. The maximum atomic E-state index is 9.55. The maximum Gasteiger partial charge on any atom is 0.155 e. The van der Waals surface area contributed by atoms with E-state index >= 15 is 0 Å². The van der Waals surface area contributed by atoms with Crippen molar-refractivity contribution in [2.45, 2.75) is 31.0 Å². The van der Waals surface area contributed by atoms with E-state index in [9.17, 15) is 10.2 Å². The number of aliphatic hydroxyl groups is 3. The van der Waals surface area contributed by atoms with Gasteiger partial charge in [-0.05, 0) is 0 Å². The summed E-state index contributed by atoms with van der Waals surface area (Å²) in [5.74, 6) is 0. The van der Waals surface area contributed by atoms with E-state index in [-0.39, 0.29) is 13.0 Å². The van der Waals surface area contributed by atoms with Crippen molar-refractivity contribution in [3.8, 4) is 0 Å². The van der Waals surface area contributed by atoms with E-state index in [1.165, 1.54) is 17.3 Å². The van der Waals surface area contributed by atoms with Crippen LogP contribution in [-0.2, 0) is 4.74 Å². The van der Waals surface area contributed by atoms with Crippen molar-refractivity contribution < 1.29 is 20.1 Å². The smallest absolute Gasteiger partial charge is 0.155 e. The molecule has 0 aliphatic carbocycles. The van der Waals surface area contributed by atoms with Gasteiger partial charge in [-0.2, -0.15) is 5.10 Å². The van der Waals surface area contributed by atoms with Gasteiger partial charge in [0.15, 0.2) is 6.23 Å². The van der Waals surface area contributed by atoms with E-state index < -0.39 is 24.5 Å². The largest absolute Gasteiger partial charge is 0.394 e. The first-order chi connectivity index (χ1) is 7.22. The van der Waals surface area contributed by atoms with Crippen LogP contribution in [0, 0.1) is 0 Å². The maximum absolute atomic E-state index is 9.55. The zero-order valence-electron chi connectivity index (χ0n) is 7.97. The van der Waals surface area contributed by atoms with E-state index in [2.05, 4.69) is 10.1 Å². The molecule has 0 radical (unpaired) electrons. The number of rotatable bonds is 2. The van der Waals surface area contributed by atoms with Gasteiger partial charge in [-0.25, -0.2) is 9.67 Å². The molecule has 0 saturated carbocycles. The lowest BCUT2D eigenvalue weighted by Gasteiger charge is -2.35. The van der Waals surface area contributed by atoms with Gasteiger partial charge in [0.25, 0.3) is 0 Å². The van der Waals surface area contributed by atoms with E-state index in [0.29, 0.717) is 0 Å². The highest BCUT2D eigenvalue weighted by atomic mass is 16.5. The molecule has 15 heavy (non-hydrogen) atoms. The number of nitrogens with zero attached hydrogens (tertiary/aromatic N) is 3. The lowest BCUT2D eigenvalue weighted by atomic mass is 10.0. The van der Waals surface area contributed by atoms with E-state index in [1.54, 1.807) is 0 Å². The van der Waals surface area contributed by atoms with Crippen LogP contribution in [0.3, 0.4) is 0 Å². The highest BCUT2D eigenvalue weighted by Crippen LogP contribution is 2.26. The van der Waals surface area contributed by atoms with Crippen molar-refractivity contribution in [2.75, 3.05) is 6.61 Å². The molecule has 4 atom stereocenters. The Morgan fingerprint density at radius 3 is 2.87 bits per heavy atom. The predicted molar refractivity (Wildman–Crippen MR) is 47.6 cm³/mol. The van der Waals surface area contributed by atoms with E-state index in [0.717, 1.165) is 0 Å². The van der Waals surface area contributed by atoms with Gasteiger partial charge in [-0.3, -0.25) is 0 Å². The van der Waals surface area contributed by atoms with Crippen molar-refractivity contribution in [1.82, 2.24) is 14.8 Å². The van der Waals surface area contributed by atoms with Crippen molar-refractivity contribution in [2.24, 2.45) is 0 Å². The Balaban J connectivity index is 2.10. The van der Waals surface area contributed by atoms with Crippen LogP contribution in [0.1, 0.15) is 12.6 Å². The summed E-state index contributed by atoms with van der Waals surface area (Å²) in [6.45, 7) is -0.344. The summed E-state index contributed by atoms with van der Waals surface area (Å²) in [5, 5.41) is 31.8. The van der Waals surface area contributed by atoms with Gasteiger partial charge in [0.2, 0.25) is 0 Å². The van der Waals surface area contributed by atoms with Crippen LogP contribution in [0.15, 0.2) is 12.7 Å². The Hall–Kier alpha value is -1.02. The summed E-state index contributed by atoms with van der Waals surface area (Å²) >= 11 is 0. The van der Waals surface area contributed by atoms with Gasteiger partial charge in [-0.15, -0.1) is 0 Å². The molecule has 1 aliphatic heterocycles. The molecule has 3 N–H and O–H groups in total. The van der Waals surface area contributed by atoms with E-state index in [4.69, 9.17) is 9.84 Å². The minimum atomic E-state index is -1.06. The van der Waals surface area contributed by atoms with Crippen molar-refractivity contribution in [1.29, 1.82) is 0 Å². The first-order valence-electron chi connectivity index (χ1n) is 4.69. The van der Waals surface area contributed by atoms with Crippen molar-refractivity contribution >= 4 is 0 Å². The van der Waals surface area contributed by atoms with Crippen LogP contribution >= 0.6 is 0 Å². The summed E-state index contributed by atoms with van der Waals surface area (Å²) in [5.41, 5.74) is 0. The number of hydrogen-bond acceptors (Lipinski definition) is 6. The second-order valence-electron chi connectivity index (χ2n) is 3.48. The molecule has 1 aromatic rings. The Bertz CT molecular complexity index is 305. The number of aromatic nitrogens is 3. The average Bonchev–Trinajstić information content (AvgIpc) is 2.75. The van der Waals surface area contributed by atoms with Crippen LogP contribution in [0.25, 0.3) is 0 Å². The van der Waals surface area contributed by atoms with Gasteiger partial charge >= 0.3 is 0 Å². The standard InChI is InChI=1S/C8H13N3O4/c12-2-6-8(14)5(13)1-7(15-6)11-4-9-3-10-11/h3-8,12-14H,1-2H2/t5-,6-,7+,8+/m1/s1. The lowest BCUT2D eigenvalue weighted by Crippen LogP contribution is -2.48. The first-order valence-corrected chi connectivity index (χ1v) is 4.69. The molecule has 1 fully saturated rings. The summed E-state index contributed by atoms with van der Waals surface area (Å²) in [6, 6.07) is 0. The van der Waals surface area contributed by atoms with Gasteiger partial charge in [0, 0.05) is 6.42 Å². The van der Waals surface area contributed by atoms with Crippen molar-refractivity contribution in [3.63, 3.8) is 0 Å². The predicted octanol–water partition coefficient (Wildman–Crippen LogP) is -1.72. The van der Waals surface area contributed by atoms with Gasteiger partial charge in [0.05, 0.1) is 12.7 Å². The van der Waals surface area contributed by atoms with Gasteiger partial charge in [0.1, 0.15) is 24.9 Å². The topological polar surface area (TPSA) is 101 Å². The Labute approximate surface area is 85.9 Å². The quantitative estimate of drug-likeness (QED) is 0.542. The highest BCUT2D eigenvalue weighted by Gasteiger charge is 2.37. The molecule has 7 nitrogen and oxygen atoms in total. The SMILES string of the molecule is OC[C@H]1O[C@H](n2cncn2)C[C@@H](O)[C@@H]1O. The molecule has 2 heterocycles. The molecule has 1 aromatic heterocycles. The molecule has 1 aliphatic rings. The summed E-state index contributed by atoms with van der Waals surface area (Å²) in [4.78, 5) is 3.76. The minimum Gasteiger partial charge on any atom is -0.394 e. The fourth-order valence-corrected chi connectivity index (χ4v) is 1.62. The summed E-state index contributed by atoms with van der Waals surface area (Å²) in [6.07, 6.45) is -0.231. The highest BCUT2D eigenvalue weighted by molar-refractivity contribution is 4.83. The molecule has 7 heteroatoms. The second-order valence-corrected chi connectivity index (χ2v) is 3.48. The fourth-order valence-electron chi connectivity index (χ4n) is 1.62. The number of ether oxygens (including phenoxy) is 1. The summed E-state index contributed by atoms with van der Waals surface area (Å²) in [7, 11) is 0. The molecule has 0 amide bonds. The number of hydrogen-bond donors (Lipinski definition) is 3. The molecule has 2 rings (SSSR count). The zero-order chi connectivity index (χ0) is 10.8. The van der Waals surface area contributed by atoms with Gasteiger partial charge < -0.3 is 20.1 Å². The third-order valence-electron chi connectivity index (χ3n) is 2.46. The average molecular weight is 215 g/mol.